The van der Waals surface area contributed by atoms with Crippen LogP contribution < -0.4 is 16.2 Å². The molecule has 3 N–H and O–H groups in total. The molecule has 0 aliphatic rings. The summed E-state index contributed by atoms with van der Waals surface area (Å²) in [6.07, 6.45) is -1.41. The molecule has 4 rings (SSSR count). The number of sulfone groups is 2. The first-order chi connectivity index (χ1) is 22.4. The molecule has 4 aromatic rings. The summed E-state index contributed by atoms with van der Waals surface area (Å²) >= 11 is 0. The summed E-state index contributed by atoms with van der Waals surface area (Å²) in [5.41, 5.74) is 3.99. The van der Waals surface area contributed by atoms with Gasteiger partial charge in [0.2, 0.25) is 0 Å². The van der Waals surface area contributed by atoms with Crippen molar-refractivity contribution in [1.82, 2.24) is 9.99 Å². The Kier molecular flexibility index (Phi) is 10.3. The molecule has 48 heavy (non-hydrogen) atoms. The molecule has 254 valence electrons. The van der Waals surface area contributed by atoms with Crippen molar-refractivity contribution in [3.8, 4) is 11.3 Å². The summed E-state index contributed by atoms with van der Waals surface area (Å²) < 4.78 is 95.0. The number of rotatable bonds is 10. The minimum Gasteiger partial charge on any atom is -0.457 e. The zero-order valence-electron chi connectivity index (χ0n) is 25.6. The molecule has 1 aromatic heterocycles. The Labute approximate surface area is 273 Å². The summed E-state index contributed by atoms with van der Waals surface area (Å²) in [6.45, 7) is 0.727. The van der Waals surface area contributed by atoms with Crippen LogP contribution in [0.2, 0.25) is 0 Å². The third-order valence-corrected chi connectivity index (χ3v) is 9.21. The normalized spacial score (nSPS) is 11.9. The first kappa shape index (κ1) is 35.7. The van der Waals surface area contributed by atoms with E-state index in [0.29, 0.717) is 0 Å². The lowest BCUT2D eigenvalue weighted by Gasteiger charge is -2.16. The minimum absolute atomic E-state index is 0.00988. The molecule has 17 heteroatoms. The zero-order chi connectivity index (χ0) is 35.4. The molecule has 0 radical (unpaired) electrons. The van der Waals surface area contributed by atoms with Gasteiger partial charge in [-0.15, -0.1) is 0 Å². The van der Waals surface area contributed by atoms with Gasteiger partial charge < -0.3 is 14.6 Å². The third kappa shape index (κ3) is 8.60. The maximum absolute atomic E-state index is 14.0. The van der Waals surface area contributed by atoms with Crippen molar-refractivity contribution in [2.75, 3.05) is 29.9 Å². The van der Waals surface area contributed by atoms with Gasteiger partial charge in [0.25, 0.3) is 5.91 Å². The fourth-order valence-electron chi connectivity index (χ4n) is 4.61. The number of alkyl halides is 3. The number of aromatic nitrogens is 1. The van der Waals surface area contributed by atoms with Crippen molar-refractivity contribution >= 4 is 48.8 Å². The summed E-state index contributed by atoms with van der Waals surface area (Å²) in [7, 11) is -6.93. The van der Waals surface area contributed by atoms with Crippen LogP contribution in [0.1, 0.15) is 21.5 Å². The first-order valence-corrected chi connectivity index (χ1v) is 17.7. The van der Waals surface area contributed by atoms with E-state index in [2.05, 4.69) is 16.2 Å². The standard InChI is InChI=1S/C31H29F3N4O8S2/c1-19-25(28(39)35-20-8-12-22(13-9-20)47(2,42)43)18-38(27(19)24-6-4-5-7-26(24)31(32,33)34)16-17-46-30(41)29(40)37-36-21-10-14-23(15-11-21)48(3,44)45/h4-15,18,36H,16-17H2,1-3H3,(H,35,39)(H,37,40). The second-order valence-electron chi connectivity index (χ2n) is 10.5. The number of esters is 1. The Balaban J connectivity index is 1.53. The van der Waals surface area contributed by atoms with Gasteiger partial charge in [-0.25, -0.2) is 21.6 Å². The molecule has 0 bridgehead atoms. The van der Waals surface area contributed by atoms with E-state index in [1.54, 1.807) is 0 Å². The predicted molar refractivity (Wildman–Crippen MR) is 169 cm³/mol. The fourth-order valence-corrected chi connectivity index (χ4v) is 5.87. The van der Waals surface area contributed by atoms with Crippen molar-refractivity contribution in [3.63, 3.8) is 0 Å². The van der Waals surface area contributed by atoms with E-state index in [1.165, 1.54) is 84.4 Å². The maximum atomic E-state index is 14.0. The Morgan fingerprint density at radius 1 is 0.812 bits per heavy atom. The molecule has 0 saturated carbocycles. The second-order valence-corrected chi connectivity index (χ2v) is 14.5. The van der Waals surface area contributed by atoms with Crippen LogP contribution in [0.4, 0.5) is 24.5 Å². The van der Waals surface area contributed by atoms with Gasteiger partial charge in [0, 0.05) is 30.0 Å². The molecule has 0 spiro atoms. The van der Waals surface area contributed by atoms with Crippen molar-refractivity contribution in [2.45, 2.75) is 29.4 Å². The number of anilines is 2. The highest BCUT2D eigenvalue weighted by molar-refractivity contribution is 7.91. The molecule has 0 saturated heterocycles. The summed E-state index contributed by atoms with van der Waals surface area (Å²) in [6, 6.07) is 15.4. The quantitative estimate of drug-likeness (QED) is 0.124. The highest BCUT2D eigenvalue weighted by Gasteiger charge is 2.35. The van der Waals surface area contributed by atoms with Crippen LogP contribution in [0.3, 0.4) is 0 Å². The lowest BCUT2D eigenvalue weighted by atomic mass is 10.00. The average Bonchev–Trinajstić information content (AvgIpc) is 3.34. The smallest absolute Gasteiger partial charge is 0.417 e. The lowest BCUT2D eigenvalue weighted by Crippen LogP contribution is -2.36. The number of hydrazine groups is 1. The maximum Gasteiger partial charge on any atom is 0.417 e. The third-order valence-electron chi connectivity index (χ3n) is 6.96. The molecule has 12 nitrogen and oxygen atoms in total. The summed E-state index contributed by atoms with van der Waals surface area (Å²) in [5.74, 6) is -3.24. The molecule has 0 aliphatic carbocycles. The Morgan fingerprint density at radius 2 is 1.35 bits per heavy atom. The van der Waals surface area contributed by atoms with Crippen molar-refractivity contribution < 1.29 is 49.1 Å². The number of carbonyl (C=O) groups excluding carboxylic acids is 3. The largest absolute Gasteiger partial charge is 0.457 e. The molecule has 3 aromatic carbocycles. The number of nitrogens with zero attached hydrogens (tertiary/aromatic N) is 1. The number of benzene rings is 3. The molecule has 1 heterocycles. The highest BCUT2D eigenvalue weighted by atomic mass is 32.2. The van der Waals surface area contributed by atoms with E-state index in [4.69, 9.17) is 4.74 Å². The summed E-state index contributed by atoms with van der Waals surface area (Å²) in [5, 5.41) is 2.60. The second kappa shape index (κ2) is 13.9. The van der Waals surface area contributed by atoms with Crippen LogP contribution in [0.25, 0.3) is 11.3 Å². The van der Waals surface area contributed by atoms with Crippen LogP contribution in [0.5, 0.6) is 0 Å². The monoisotopic (exact) mass is 706 g/mol. The van der Waals surface area contributed by atoms with E-state index < -0.39 is 55.8 Å². The number of amides is 2. The molecule has 0 atom stereocenters. The van der Waals surface area contributed by atoms with E-state index in [1.807, 2.05) is 0 Å². The van der Waals surface area contributed by atoms with E-state index in [9.17, 15) is 44.4 Å². The predicted octanol–water partition coefficient (Wildman–Crippen LogP) is 4.23. The van der Waals surface area contributed by atoms with Crippen molar-refractivity contribution in [1.29, 1.82) is 0 Å². The molecular formula is C31H29F3N4O8S2. The van der Waals surface area contributed by atoms with Crippen molar-refractivity contribution in [3.05, 3.63) is 95.7 Å². The zero-order valence-corrected chi connectivity index (χ0v) is 27.2. The molecule has 0 unspecified atom stereocenters. The molecular weight excluding hydrogens is 677 g/mol. The topological polar surface area (TPSA) is 170 Å². The van der Waals surface area contributed by atoms with Crippen LogP contribution in [-0.2, 0) is 46.7 Å². The van der Waals surface area contributed by atoms with Gasteiger partial charge in [-0.3, -0.25) is 20.4 Å². The van der Waals surface area contributed by atoms with Crippen LogP contribution >= 0.6 is 0 Å². The molecule has 0 fully saturated rings. The van der Waals surface area contributed by atoms with Crippen molar-refractivity contribution in [2.24, 2.45) is 0 Å². The van der Waals surface area contributed by atoms with Crippen LogP contribution in [0.15, 0.2) is 88.8 Å². The number of carbonyl (C=O) groups is 3. The number of halogens is 3. The number of hydrogen-bond donors (Lipinski definition) is 3. The van der Waals surface area contributed by atoms with Gasteiger partial charge in [-0.1, -0.05) is 18.2 Å². The van der Waals surface area contributed by atoms with Gasteiger partial charge in [0.05, 0.1) is 38.8 Å². The number of hydrogen-bond acceptors (Lipinski definition) is 9. The summed E-state index contributed by atoms with van der Waals surface area (Å²) in [4.78, 5) is 37.9. The lowest BCUT2D eigenvalue weighted by molar-refractivity contribution is -0.154. The van der Waals surface area contributed by atoms with E-state index in [-0.39, 0.29) is 50.1 Å². The van der Waals surface area contributed by atoms with E-state index >= 15 is 0 Å². The van der Waals surface area contributed by atoms with Crippen LogP contribution in [-0.4, -0.2) is 58.3 Å². The Bertz CT molecular complexity index is 2080. The van der Waals surface area contributed by atoms with Gasteiger partial charge in [-0.2, -0.15) is 13.2 Å². The van der Waals surface area contributed by atoms with E-state index in [0.717, 1.165) is 18.6 Å². The molecule has 2 amide bonds. The highest BCUT2D eigenvalue weighted by Crippen LogP contribution is 2.39. The number of ether oxygens (including phenoxy) is 1. The number of nitrogens with one attached hydrogen (secondary N) is 3. The SMILES string of the molecule is Cc1c(C(=O)Nc2ccc(S(C)(=O)=O)cc2)cn(CCOC(=O)C(=O)NNc2ccc(S(C)(=O)=O)cc2)c1-c1ccccc1C(F)(F)F. The van der Waals surface area contributed by atoms with Crippen LogP contribution in [0, 0.1) is 6.92 Å². The van der Waals surface area contributed by atoms with Gasteiger partial charge >= 0.3 is 18.1 Å². The fraction of sp³-hybridized carbons (Fsp3) is 0.194. The Morgan fingerprint density at radius 3 is 1.90 bits per heavy atom. The molecule has 0 aliphatic heterocycles. The average molecular weight is 707 g/mol. The first-order valence-electron chi connectivity index (χ1n) is 13.9. The van der Waals surface area contributed by atoms with Gasteiger partial charge in [0.15, 0.2) is 19.7 Å². The minimum atomic E-state index is -4.75. The van der Waals surface area contributed by atoms with Gasteiger partial charge in [0.1, 0.15) is 6.61 Å². The van der Waals surface area contributed by atoms with Gasteiger partial charge in [-0.05, 0) is 67.1 Å². The Hall–Kier alpha value is -5.16.